The number of benzene rings is 2. The summed E-state index contributed by atoms with van der Waals surface area (Å²) in [5, 5.41) is 0. The summed E-state index contributed by atoms with van der Waals surface area (Å²) in [5.41, 5.74) is 3.46. The molecule has 0 aromatic heterocycles. The van der Waals surface area contributed by atoms with Gasteiger partial charge in [-0.2, -0.15) is 8.42 Å². The van der Waals surface area contributed by atoms with E-state index in [1.165, 1.54) is 11.6 Å². The minimum atomic E-state index is -4.24. The second kappa shape index (κ2) is 5.28. The van der Waals surface area contributed by atoms with Gasteiger partial charge < -0.3 is 0 Å². The highest BCUT2D eigenvalue weighted by atomic mass is 32.2. The molecule has 3 nitrogen and oxygen atoms in total. The van der Waals surface area contributed by atoms with Gasteiger partial charge in [-0.05, 0) is 29.5 Å². The fourth-order valence-electron chi connectivity index (χ4n) is 2.24. The molecule has 2 aromatic rings. The third-order valence-corrected chi connectivity index (χ3v) is 4.39. The van der Waals surface area contributed by atoms with Crippen LogP contribution in [0.1, 0.15) is 31.9 Å². The maximum absolute atomic E-state index is 11.5. The summed E-state index contributed by atoms with van der Waals surface area (Å²) in [6.07, 6.45) is 0. The third-order valence-electron chi connectivity index (χ3n) is 3.47. The van der Waals surface area contributed by atoms with Crippen LogP contribution in [0.25, 0.3) is 11.1 Å². The molecule has 0 saturated heterocycles. The number of rotatable bonds is 2. The van der Waals surface area contributed by atoms with Crippen LogP contribution in [0, 0.1) is 6.92 Å². The van der Waals surface area contributed by atoms with Crippen molar-refractivity contribution in [3.63, 3.8) is 0 Å². The van der Waals surface area contributed by atoms with Crippen molar-refractivity contribution in [2.45, 2.75) is 38.0 Å². The van der Waals surface area contributed by atoms with Crippen LogP contribution in [0.4, 0.5) is 0 Å². The summed E-state index contributed by atoms with van der Waals surface area (Å²) < 4.78 is 32.4. The Labute approximate surface area is 126 Å². The molecule has 112 valence electrons. The van der Waals surface area contributed by atoms with Gasteiger partial charge in [0.05, 0.1) is 0 Å². The van der Waals surface area contributed by atoms with Gasteiger partial charge in [0.2, 0.25) is 0 Å². The quantitative estimate of drug-likeness (QED) is 0.846. The standard InChI is InChI=1S/C17H20O3S/c1-12-5-10-16(21(18,19)20)15(11-12)13-6-8-14(9-7-13)17(2,3)4/h5-11H,1-4H3,(H,18,19,20). The van der Waals surface area contributed by atoms with Crippen LogP contribution >= 0.6 is 0 Å². The Balaban J connectivity index is 2.59. The molecule has 0 bridgehead atoms. The highest BCUT2D eigenvalue weighted by molar-refractivity contribution is 7.86. The minimum Gasteiger partial charge on any atom is -0.282 e. The minimum absolute atomic E-state index is 0.0387. The zero-order valence-corrected chi connectivity index (χ0v) is 13.5. The van der Waals surface area contributed by atoms with Crippen LogP contribution in [0.3, 0.4) is 0 Å². The first-order chi connectivity index (χ1) is 9.59. The molecule has 0 aliphatic heterocycles. The maximum atomic E-state index is 11.5. The van der Waals surface area contributed by atoms with Crippen LogP contribution in [0.5, 0.6) is 0 Å². The van der Waals surface area contributed by atoms with E-state index in [-0.39, 0.29) is 10.3 Å². The van der Waals surface area contributed by atoms with Crippen LogP contribution < -0.4 is 0 Å². The van der Waals surface area contributed by atoms with Crippen LogP contribution in [-0.2, 0) is 15.5 Å². The van der Waals surface area contributed by atoms with Gasteiger partial charge in [0.15, 0.2) is 0 Å². The zero-order valence-electron chi connectivity index (χ0n) is 12.7. The Morgan fingerprint density at radius 1 is 0.952 bits per heavy atom. The first-order valence-electron chi connectivity index (χ1n) is 6.78. The average molecular weight is 304 g/mol. The molecular weight excluding hydrogens is 284 g/mol. The molecule has 0 heterocycles. The molecular formula is C17H20O3S. The van der Waals surface area contributed by atoms with Gasteiger partial charge in [-0.25, -0.2) is 0 Å². The molecule has 1 N–H and O–H groups in total. The molecule has 0 amide bonds. The van der Waals surface area contributed by atoms with E-state index in [0.717, 1.165) is 11.1 Å². The molecule has 0 unspecified atom stereocenters. The predicted molar refractivity (Wildman–Crippen MR) is 85.1 cm³/mol. The van der Waals surface area contributed by atoms with E-state index in [1.54, 1.807) is 12.1 Å². The molecule has 0 aliphatic rings. The first kappa shape index (κ1) is 15.7. The summed E-state index contributed by atoms with van der Waals surface area (Å²) >= 11 is 0. The van der Waals surface area contributed by atoms with E-state index >= 15 is 0 Å². The van der Waals surface area contributed by atoms with Crippen molar-refractivity contribution in [1.82, 2.24) is 0 Å². The van der Waals surface area contributed by atoms with E-state index in [4.69, 9.17) is 0 Å². The molecule has 0 radical (unpaired) electrons. The van der Waals surface area contributed by atoms with Crippen molar-refractivity contribution in [1.29, 1.82) is 0 Å². The van der Waals surface area contributed by atoms with E-state index in [1.807, 2.05) is 31.2 Å². The van der Waals surface area contributed by atoms with Crippen molar-refractivity contribution in [3.8, 4) is 11.1 Å². The van der Waals surface area contributed by atoms with Crippen molar-refractivity contribution in [2.75, 3.05) is 0 Å². The van der Waals surface area contributed by atoms with E-state index in [2.05, 4.69) is 20.8 Å². The molecule has 0 aliphatic carbocycles. The highest BCUT2D eigenvalue weighted by Gasteiger charge is 2.18. The van der Waals surface area contributed by atoms with Crippen molar-refractivity contribution in [3.05, 3.63) is 53.6 Å². The van der Waals surface area contributed by atoms with E-state index < -0.39 is 10.1 Å². The Morgan fingerprint density at radius 3 is 2.00 bits per heavy atom. The van der Waals surface area contributed by atoms with Gasteiger partial charge in [0.25, 0.3) is 10.1 Å². The summed E-state index contributed by atoms with van der Waals surface area (Å²) in [7, 11) is -4.24. The lowest BCUT2D eigenvalue weighted by molar-refractivity contribution is 0.483. The SMILES string of the molecule is Cc1ccc(S(=O)(=O)O)c(-c2ccc(C(C)(C)C)cc2)c1. The van der Waals surface area contributed by atoms with Crippen LogP contribution in [0.15, 0.2) is 47.4 Å². The molecule has 0 spiro atoms. The van der Waals surface area contributed by atoms with Gasteiger partial charge in [-0.1, -0.05) is 62.7 Å². The zero-order chi connectivity index (χ0) is 15.8. The normalized spacial score (nSPS) is 12.4. The largest absolute Gasteiger partial charge is 0.295 e. The van der Waals surface area contributed by atoms with Gasteiger partial charge >= 0.3 is 0 Å². The van der Waals surface area contributed by atoms with Gasteiger partial charge in [-0.15, -0.1) is 0 Å². The van der Waals surface area contributed by atoms with Crippen LogP contribution in [-0.4, -0.2) is 13.0 Å². The lowest BCUT2D eigenvalue weighted by Gasteiger charge is -2.19. The molecule has 21 heavy (non-hydrogen) atoms. The summed E-state index contributed by atoms with van der Waals surface area (Å²) in [4.78, 5) is -0.0587. The smallest absolute Gasteiger partial charge is 0.282 e. The molecule has 0 saturated carbocycles. The second-order valence-electron chi connectivity index (χ2n) is 6.30. The third kappa shape index (κ3) is 3.52. The van der Waals surface area contributed by atoms with E-state index in [0.29, 0.717) is 5.56 Å². The van der Waals surface area contributed by atoms with Gasteiger partial charge in [0, 0.05) is 5.56 Å². The summed E-state index contributed by atoms with van der Waals surface area (Å²) in [5.74, 6) is 0. The Kier molecular flexibility index (Phi) is 3.95. The first-order valence-corrected chi connectivity index (χ1v) is 8.22. The monoisotopic (exact) mass is 304 g/mol. The van der Waals surface area contributed by atoms with Crippen LogP contribution in [0.2, 0.25) is 0 Å². The topological polar surface area (TPSA) is 54.4 Å². The fraction of sp³-hybridized carbons (Fsp3) is 0.294. The lowest BCUT2D eigenvalue weighted by Crippen LogP contribution is -2.10. The van der Waals surface area contributed by atoms with Crippen molar-refractivity contribution < 1.29 is 13.0 Å². The predicted octanol–water partition coefficient (Wildman–Crippen LogP) is 4.21. The number of hydrogen-bond donors (Lipinski definition) is 1. The summed E-state index contributed by atoms with van der Waals surface area (Å²) in [6.45, 7) is 8.26. The molecule has 2 rings (SSSR count). The Hall–Kier alpha value is -1.65. The van der Waals surface area contributed by atoms with Crippen molar-refractivity contribution >= 4 is 10.1 Å². The average Bonchev–Trinajstić information content (AvgIpc) is 2.36. The lowest BCUT2D eigenvalue weighted by atomic mass is 9.86. The Bertz CT molecular complexity index is 752. The fourth-order valence-corrected chi connectivity index (χ4v) is 2.94. The van der Waals surface area contributed by atoms with Gasteiger partial charge in [-0.3, -0.25) is 4.55 Å². The molecule has 0 atom stereocenters. The number of aryl methyl sites for hydroxylation is 1. The highest BCUT2D eigenvalue weighted by Crippen LogP contribution is 2.30. The second-order valence-corrected chi connectivity index (χ2v) is 7.69. The van der Waals surface area contributed by atoms with Gasteiger partial charge in [0.1, 0.15) is 4.90 Å². The van der Waals surface area contributed by atoms with Crippen molar-refractivity contribution in [2.24, 2.45) is 0 Å². The number of hydrogen-bond acceptors (Lipinski definition) is 2. The molecule has 2 aromatic carbocycles. The summed E-state index contributed by atoms with van der Waals surface area (Å²) in [6, 6.07) is 12.7. The Morgan fingerprint density at radius 2 is 1.52 bits per heavy atom. The molecule has 4 heteroatoms. The van der Waals surface area contributed by atoms with E-state index in [9.17, 15) is 13.0 Å². The maximum Gasteiger partial charge on any atom is 0.295 e. The molecule has 0 fully saturated rings.